The number of fused-ring (bicyclic) bond motifs is 2. The predicted molar refractivity (Wildman–Crippen MR) is 66.5 cm³/mol. The van der Waals surface area contributed by atoms with Gasteiger partial charge in [0, 0.05) is 29.3 Å². The van der Waals surface area contributed by atoms with E-state index in [1.165, 1.54) is 12.8 Å². The van der Waals surface area contributed by atoms with Crippen LogP contribution < -0.4 is 0 Å². The Morgan fingerprint density at radius 3 is 2.75 bits per heavy atom. The zero-order valence-electron chi connectivity index (χ0n) is 9.30. The van der Waals surface area contributed by atoms with Crippen LogP contribution in [0.15, 0.2) is 24.5 Å². The van der Waals surface area contributed by atoms with Crippen LogP contribution >= 0.6 is 11.8 Å². The lowest BCUT2D eigenvalue weighted by Gasteiger charge is -2.36. The van der Waals surface area contributed by atoms with Gasteiger partial charge in [-0.15, -0.1) is 0 Å². The highest BCUT2D eigenvalue weighted by atomic mass is 32.2. The third-order valence-corrected chi connectivity index (χ3v) is 5.24. The molecule has 0 saturated carbocycles. The van der Waals surface area contributed by atoms with Crippen LogP contribution in [-0.4, -0.2) is 26.2 Å². The van der Waals surface area contributed by atoms with Gasteiger partial charge in [0.1, 0.15) is 0 Å². The zero-order chi connectivity index (χ0) is 11.0. The molecule has 2 aliphatic heterocycles. The molecule has 0 aliphatic carbocycles. The van der Waals surface area contributed by atoms with E-state index in [-0.39, 0.29) is 0 Å². The summed E-state index contributed by atoms with van der Waals surface area (Å²) >= 11 is 2.09. The van der Waals surface area contributed by atoms with E-state index in [1.54, 1.807) is 6.20 Å². The molecule has 1 aromatic heterocycles. The van der Waals surface area contributed by atoms with E-state index in [0.29, 0.717) is 10.5 Å². The molecule has 16 heavy (non-hydrogen) atoms. The second kappa shape index (κ2) is 4.04. The lowest BCUT2D eigenvalue weighted by atomic mass is 9.87. The van der Waals surface area contributed by atoms with E-state index in [2.05, 4.69) is 22.8 Å². The molecular weight excluding hydrogens is 218 g/mol. The molecule has 2 saturated heterocycles. The van der Waals surface area contributed by atoms with E-state index in [1.807, 2.05) is 12.3 Å². The topological polar surface area (TPSA) is 33.1 Å². The Morgan fingerprint density at radius 2 is 2.12 bits per heavy atom. The molecule has 2 fully saturated rings. The average Bonchev–Trinajstić information content (AvgIpc) is 2.59. The molecule has 3 heteroatoms. The van der Waals surface area contributed by atoms with Crippen molar-refractivity contribution < 1.29 is 5.11 Å². The largest absolute Gasteiger partial charge is 0.389 e. The van der Waals surface area contributed by atoms with Crippen LogP contribution in [0.2, 0.25) is 0 Å². The molecule has 2 nitrogen and oxygen atoms in total. The van der Waals surface area contributed by atoms with Crippen LogP contribution in [0.3, 0.4) is 0 Å². The number of thioether (sulfide) groups is 1. The lowest BCUT2D eigenvalue weighted by Crippen LogP contribution is -2.39. The van der Waals surface area contributed by atoms with Crippen molar-refractivity contribution in [2.24, 2.45) is 0 Å². The third-order valence-electron chi connectivity index (χ3n) is 3.67. The van der Waals surface area contributed by atoms with E-state index in [4.69, 9.17) is 0 Å². The molecule has 1 N–H and O–H groups in total. The maximum atomic E-state index is 10.7. The first-order valence-corrected chi connectivity index (χ1v) is 6.95. The summed E-state index contributed by atoms with van der Waals surface area (Å²) in [6.45, 7) is 0. The molecule has 3 rings (SSSR count). The Bertz CT molecular complexity index is 355. The number of hydrogen-bond acceptors (Lipinski definition) is 3. The summed E-state index contributed by atoms with van der Waals surface area (Å²) < 4.78 is 0. The number of nitrogens with zero attached hydrogens (tertiary/aromatic N) is 1. The summed E-state index contributed by atoms with van der Waals surface area (Å²) in [5, 5.41) is 12.1. The number of aliphatic hydroxyl groups is 1. The first-order valence-electron chi connectivity index (χ1n) is 6.00. The van der Waals surface area contributed by atoms with Gasteiger partial charge < -0.3 is 5.11 Å². The van der Waals surface area contributed by atoms with Crippen LogP contribution in [0, 0.1) is 0 Å². The van der Waals surface area contributed by atoms with E-state index in [9.17, 15) is 5.11 Å². The van der Waals surface area contributed by atoms with Crippen LogP contribution in [0.25, 0.3) is 0 Å². The van der Waals surface area contributed by atoms with Crippen LogP contribution in [-0.2, 0) is 6.42 Å². The summed E-state index contributed by atoms with van der Waals surface area (Å²) in [7, 11) is 0. The molecule has 2 atom stereocenters. The minimum Gasteiger partial charge on any atom is -0.389 e. The summed E-state index contributed by atoms with van der Waals surface area (Å²) in [6, 6.07) is 4.01. The fraction of sp³-hybridized carbons (Fsp3) is 0.615. The third kappa shape index (κ3) is 2.11. The Balaban J connectivity index is 1.74. The van der Waals surface area contributed by atoms with Crippen molar-refractivity contribution in [2.45, 2.75) is 48.2 Å². The Hall–Kier alpha value is -0.540. The van der Waals surface area contributed by atoms with Gasteiger partial charge in [-0.2, -0.15) is 11.8 Å². The molecule has 3 heterocycles. The molecule has 1 aromatic rings. The lowest BCUT2D eigenvalue weighted by molar-refractivity contribution is 0.0241. The van der Waals surface area contributed by atoms with Gasteiger partial charge in [0.25, 0.3) is 0 Å². The average molecular weight is 235 g/mol. The maximum Gasteiger partial charge on any atom is 0.0709 e. The van der Waals surface area contributed by atoms with Gasteiger partial charge in [0.05, 0.1) is 5.60 Å². The van der Waals surface area contributed by atoms with Crippen molar-refractivity contribution in [3.05, 3.63) is 30.1 Å². The Labute approximate surface area is 100 Å². The van der Waals surface area contributed by atoms with Gasteiger partial charge in [-0.25, -0.2) is 0 Å². The molecule has 0 spiro atoms. The van der Waals surface area contributed by atoms with Gasteiger partial charge in [0.15, 0.2) is 0 Å². The second-order valence-electron chi connectivity index (χ2n) is 5.13. The van der Waals surface area contributed by atoms with Crippen molar-refractivity contribution in [1.82, 2.24) is 4.98 Å². The fourth-order valence-corrected chi connectivity index (χ4v) is 4.94. The quantitative estimate of drug-likeness (QED) is 0.854. The molecule has 0 aromatic carbocycles. The van der Waals surface area contributed by atoms with E-state index < -0.39 is 5.60 Å². The first kappa shape index (κ1) is 10.6. The van der Waals surface area contributed by atoms with Crippen molar-refractivity contribution in [2.75, 3.05) is 0 Å². The number of pyridine rings is 1. The van der Waals surface area contributed by atoms with Gasteiger partial charge in [-0.05, 0) is 37.3 Å². The normalized spacial score (nSPS) is 37.6. The molecule has 86 valence electrons. The monoisotopic (exact) mass is 235 g/mol. The first-order chi connectivity index (χ1) is 7.73. The van der Waals surface area contributed by atoms with E-state index >= 15 is 0 Å². The summed E-state index contributed by atoms with van der Waals surface area (Å²) in [4.78, 5) is 4.12. The summed E-state index contributed by atoms with van der Waals surface area (Å²) in [6.07, 6.45) is 8.95. The smallest absolute Gasteiger partial charge is 0.0709 e. The zero-order valence-corrected chi connectivity index (χ0v) is 10.1. The number of hydrogen-bond donors (Lipinski definition) is 1. The predicted octanol–water partition coefficient (Wildman–Crippen LogP) is 2.41. The number of rotatable bonds is 2. The van der Waals surface area contributed by atoms with Crippen LogP contribution in [0.4, 0.5) is 0 Å². The summed E-state index contributed by atoms with van der Waals surface area (Å²) in [5.41, 5.74) is 0.691. The SMILES string of the molecule is OC1(Cc2cccnc2)CC2CCC(C1)S2. The molecule has 0 radical (unpaired) electrons. The standard InChI is InChI=1S/C13H17NOS/c15-13(6-10-2-1-5-14-9-10)7-11-3-4-12(8-13)16-11/h1-2,5,9,11-12,15H,3-4,6-8H2. The second-order valence-corrected chi connectivity index (χ2v) is 6.73. The minimum atomic E-state index is -0.472. The van der Waals surface area contributed by atoms with Gasteiger partial charge >= 0.3 is 0 Å². The molecule has 2 unspecified atom stereocenters. The van der Waals surface area contributed by atoms with Gasteiger partial charge in [-0.3, -0.25) is 4.98 Å². The molecule has 2 bridgehead atoms. The maximum absolute atomic E-state index is 10.7. The minimum absolute atomic E-state index is 0.472. The Kier molecular flexibility index (Phi) is 2.68. The molecular formula is C13H17NOS. The van der Waals surface area contributed by atoms with Crippen LogP contribution in [0.1, 0.15) is 31.2 Å². The molecule has 2 aliphatic rings. The van der Waals surface area contributed by atoms with Gasteiger partial charge in [-0.1, -0.05) is 6.07 Å². The Morgan fingerprint density at radius 1 is 1.38 bits per heavy atom. The van der Waals surface area contributed by atoms with Crippen molar-refractivity contribution >= 4 is 11.8 Å². The highest BCUT2D eigenvalue weighted by Crippen LogP contribution is 2.48. The summed E-state index contributed by atoms with van der Waals surface area (Å²) in [5.74, 6) is 0. The number of aromatic nitrogens is 1. The van der Waals surface area contributed by atoms with Crippen molar-refractivity contribution in [1.29, 1.82) is 0 Å². The van der Waals surface area contributed by atoms with Crippen molar-refractivity contribution in [3.8, 4) is 0 Å². The highest BCUT2D eigenvalue weighted by Gasteiger charge is 2.43. The van der Waals surface area contributed by atoms with E-state index in [0.717, 1.165) is 24.8 Å². The fourth-order valence-electron chi connectivity index (χ4n) is 3.04. The van der Waals surface area contributed by atoms with Crippen molar-refractivity contribution in [3.63, 3.8) is 0 Å². The highest BCUT2D eigenvalue weighted by molar-refractivity contribution is 8.00. The molecule has 0 amide bonds. The van der Waals surface area contributed by atoms with Crippen LogP contribution in [0.5, 0.6) is 0 Å². The van der Waals surface area contributed by atoms with Gasteiger partial charge in [0.2, 0.25) is 0 Å².